The highest BCUT2D eigenvalue weighted by atomic mass is 79.9. The Bertz CT molecular complexity index is 478. The van der Waals surface area contributed by atoms with Crippen LogP contribution in [0.4, 0.5) is 0 Å². The van der Waals surface area contributed by atoms with Crippen LogP contribution in [0.5, 0.6) is 0 Å². The quantitative estimate of drug-likeness (QED) is 0.915. The molecule has 0 atom stereocenters. The number of hydrogen-bond acceptors (Lipinski definition) is 2. The summed E-state index contributed by atoms with van der Waals surface area (Å²) in [6, 6.07) is 7.86. The minimum absolute atomic E-state index is 0.559. The van der Waals surface area contributed by atoms with E-state index in [9.17, 15) is 0 Å². The van der Waals surface area contributed by atoms with E-state index in [1.54, 1.807) is 0 Å². The van der Waals surface area contributed by atoms with Crippen molar-refractivity contribution in [1.29, 1.82) is 0 Å². The smallest absolute Gasteiger partial charge is 0.134 e. The van der Waals surface area contributed by atoms with Gasteiger partial charge in [-0.25, -0.2) is 4.98 Å². The SMILES string of the molecule is NCCc1nc(-c2ccc(Br)cc2)c(Cl)[nH]1. The van der Waals surface area contributed by atoms with Crippen LogP contribution >= 0.6 is 27.5 Å². The average molecular weight is 301 g/mol. The van der Waals surface area contributed by atoms with Gasteiger partial charge in [0, 0.05) is 16.5 Å². The van der Waals surface area contributed by atoms with Crippen LogP contribution in [-0.2, 0) is 6.42 Å². The second-order valence-electron chi connectivity index (χ2n) is 3.39. The van der Waals surface area contributed by atoms with E-state index in [1.807, 2.05) is 24.3 Å². The highest BCUT2D eigenvalue weighted by molar-refractivity contribution is 9.10. The molecule has 0 bridgehead atoms. The second kappa shape index (κ2) is 4.99. The third kappa shape index (κ3) is 2.45. The van der Waals surface area contributed by atoms with Gasteiger partial charge in [0.15, 0.2) is 0 Å². The van der Waals surface area contributed by atoms with Crippen molar-refractivity contribution >= 4 is 27.5 Å². The molecule has 0 aliphatic carbocycles. The summed E-state index contributed by atoms with van der Waals surface area (Å²) in [5.74, 6) is 0.824. The lowest BCUT2D eigenvalue weighted by Crippen LogP contribution is -2.03. The van der Waals surface area contributed by atoms with E-state index in [-0.39, 0.29) is 0 Å². The number of nitrogens with one attached hydrogen (secondary N) is 1. The number of rotatable bonds is 3. The van der Waals surface area contributed by atoms with Crippen LogP contribution in [0.1, 0.15) is 5.82 Å². The van der Waals surface area contributed by atoms with Crippen molar-refractivity contribution in [3.05, 3.63) is 39.7 Å². The summed E-state index contributed by atoms with van der Waals surface area (Å²) in [7, 11) is 0. The van der Waals surface area contributed by atoms with E-state index in [2.05, 4.69) is 25.9 Å². The lowest BCUT2D eigenvalue weighted by molar-refractivity contribution is 0.895. The largest absolute Gasteiger partial charge is 0.332 e. The molecule has 0 unspecified atom stereocenters. The predicted molar refractivity (Wildman–Crippen MR) is 69.5 cm³/mol. The fraction of sp³-hybridized carbons (Fsp3) is 0.182. The predicted octanol–water partition coefficient (Wildman–Crippen LogP) is 2.99. The summed E-state index contributed by atoms with van der Waals surface area (Å²) in [5.41, 5.74) is 7.24. The average Bonchev–Trinajstić information content (AvgIpc) is 2.61. The van der Waals surface area contributed by atoms with Crippen molar-refractivity contribution in [3.8, 4) is 11.3 Å². The maximum Gasteiger partial charge on any atom is 0.134 e. The van der Waals surface area contributed by atoms with Gasteiger partial charge in [-0.1, -0.05) is 39.7 Å². The standard InChI is InChI=1S/C11H11BrClN3/c12-8-3-1-7(2-4-8)10-11(13)16-9(15-10)5-6-14/h1-4H,5-6,14H2,(H,15,16). The van der Waals surface area contributed by atoms with E-state index in [0.717, 1.165) is 21.6 Å². The Labute approximate surface area is 107 Å². The summed E-state index contributed by atoms with van der Waals surface area (Å²) < 4.78 is 1.03. The number of aromatic amines is 1. The molecular weight excluding hydrogens is 289 g/mol. The van der Waals surface area contributed by atoms with E-state index in [0.29, 0.717) is 18.1 Å². The van der Waals surface area contributed by atoms with Crippen molar-refractivity contribution in [2.45, 2.75) is 6.42 Å². The molecule has 0 amide bonds. The monoisotopic (exact) mass is 299 g/mol. The Morgan fingerprint density at radius 2 is 2.00 bits per heavy atom. The van der Waals surface area contributed by atoms with Gasteiger partial charge in [0.25, 0.3) is 0 Å². The number of nitrogens with two attached hydrogens (primary N) is 1. The van der Waals surface area contributed by atoms with Crippen molar-refractivity contribution in [3.63, 3.8) is 0 Å². The summed E-state index contributed by atoms with van der Waals surface area (Å²) >= 11 is 9.47. The molecule has 0 spiro atoms. The number of nitrogens with zero attached hydrogens (tertiary/aromatic N) is 1. The zero-order valence-electron chi connectivity index (χ0n) is 8.50. The zero-order chi connectivity index (χ0) is 11.5. The first-order valence-electron chi connectivity index (χ1n) is 4.91. The first kappa shape index (κ1) is 11.6. The molecule has 0 aliphatic rings. The molecule has 3 N–H and O–H groups in total. The zero-order valence-corrected chi connectivity index (χ0v) is 10.8. The molecule has 2 rings (SSSR count). The summed E-state index contributed by atoms with van der Waals surface area (Å²) in [4.78, 5) is 7.44. The van der Waals surface area contributed by atoms with E-state index in [4.69, 9.17) is 17.3 Å². The number of imidazole rings is 1. The molecule has 1 heterocycles. The summed E-state index contributed by atoms with van der Waals surface area (Å²) in [6.07, 6.45) is 0.705. The summed E-state index contributed by atoms with van der Waals surface area (Å²) in [6.45, 7) is 0.559. The molecule has 2 aromatic rings. The fourth-order valence-electron chi connectivity index (χ4n) is 1.45. The first-order valence-corrected chi connectivity index (χ1v) is 6.08. The molecule has 0 aliphatic heterocycles. The Hall–Kier alpha value is -0.840. The van der Waals surface area contributed by atoms with Gasteiger partial charge in [0.2, 0.25) is 0 Å². The van der Waals surface area contributed by atoms with Gasteiger partial charge in [-0.3, -0.25) is 0 Å². The van der Waals surface area contributed by atoms with E-state index >= 15 is 0 Å². The Kier molecular flexibility index (Phi) is 3.63. The normalized spacial score (nSPS) is 10.7. The van der Waals surface area contributed by atoms with Gasteiger partial charge in [-0.05, 0) is 18.7 Å². The molecule has 16 heavy (non-hydrogen) atoms. The van der Waals surface area contributed by atoms with Gasteiger partial charge < -0.3 is 10.7 Å². The number of aromatic nitrogens is 2. The van der Waals surface area contributed by atoms with Gasteiger partial charge in [0.1, 0.15) is 16.7 Å². The molecule has 5 heteroatoms. The Morgan fingerprint density at radius 1 is 1.31 bits per heavy atom. The lowest BCUT2D eigenvalue weighted by atomic mass is 10.2. The van der Waals surface area contributed by atoms with E-state index in [1.165, 1.54) is 0 Å². The summed E-state index contributed by atoms with van der Waals surface area (Å²) in [5, 5.41) is 0.561. The van der Waals surface area contributed by atoms with E-state index < -0.39 is 0 Å². The minimum Gasteiger partial charge on any atom is -0.332 e. The minimum atomic E-state index is 0.559. The Morgan fingerprint density at radius 3 is 2.62 bits per heavy atom. The van der Waals surface area contributed by atoms with Crippen LogP contribution in [0, 0.1) is 0 Å². The van der Waals surface area contributed by atoms with Crippen LogP contribution in [0.25, 0.3) is 11.3 Å². The number of benzene rings is 1. The van der Waals surface area contributed by atoms with Crippen LogP contribution in [0.2, 0.25) is 5.15 Å². The van der Waals surface area contributed by atoms with Gasteiger partial charge in [0.05, 0.1) is 0 Å². The fourth-order valence-corrected chi connectivity index (χ4v) is 1.98. The topological polar surface area (TPSA) is 54.7 Å². The second-order valence-corrected chi connectivity index (χ2v) is 4.69. The van der Waals surface area contributed by atoms with Crippen LogP contribution < -0.4 is 5.73 Å². The first-order chi connectivity index (χ1) is 7.70. The third-order valence-corrected chi connectivity index (χ3v) is 3.01. The molecule has 0 radical (unpaired) electrons. The molecule has 0 saturated heterocycles. The maximum atomic E-state index is 6.08. The van der Waals surface area contributed by atoms with Crippen molar-refractivity contribution in [1.82, 2.24) is 9.97 Å². The van der Waals surface area contributed by atoms with Crippen molar-refractivity contribution < 1.29 is 0 Å². The van der Waals surface area contributed by atoms with Crippen LogP contribution in [-0.4, -0.2) is 16.5 Å². The van der Waals surface area contributed by atoms with Crippen LogP contribution in [0.3, 0.4) is 0 Å². The number of hydrogen-bond donors (Lipinski definition) is 2. The molecule has 0 saturated carbocycles. The molecule has 84 valence electrons. The lowest BCUT2D eigenvalue weighted by Gasteiger charge is -1.97. The van der Waals surface area contributed by atoms with Gasteiger partial charge in [-0.15, -0.1) is 0 Å². The van der Waals surface area contributed by atoms with Gasteiger partial charge in [-0.2, -0.15) is 0 Å². The highest BCUT2D eigenvalue weighted by Crippen LogP contribution is 2.26. The number of halogens is 2. The van der Waals surface area contributed by atoms with Gasteiger partial charge >= 0.3 is 0 Å². The highest BCUT2D eigenvalue weighted by Gasteiger charge is 2.09. The third-order valence-electron chi connectivity index (χ3n) is 2.21. The van der Waals surface area contributed by atoms with Crippen LogP contribution in [0.15, 0.2) is 28.7 Å². The molecular formula is C11H11BrClN3. The molecule has 1 aromatic heterocycles. The Balaban J connectivity index is 2.36. The maximum absolute atomic E-state index is 6.08. The molecule has 1 aromatic carbocycles. The number of H-pyrrole nitrogens is 1. The molecule has 3 nitrogen and oxygen atoms in total. The molecule has 0 fully saturated rings. The van der Waals surface area contributed by atoms with Crippen molar-refractivity contribution in [2.75, 3.05) is 6.54 Å². The van der Waals surface area contributed by atoms with Crippen molar-refractivity contribution in [2.24, 2.45) is 5.73 Å².